The number of nitro groups is 1. The van der Waals surface area contributed by atoms with Crippen molar-refractivity contribution in [1.29, 1.82) is 0 Å². The van der Waals surface area contributed by atoms with Crippen molar-refractivity contribution in [3.8, 4) is 5.69 Å². The van der Waals surface area contributed by atoms with Crippen LogP contribution in [0.4, 0.5) is 5.69 Å². The molecule has 0 unspecified atom stereocenters. The summed E-state index contributed by atoms with van der Waals surface area (Å²) in [7, 11) is 0. The highest BCUT2D eigenvalue weighted by Crippen LogP contribution is 2.23. The first kappa shape index (κ1) is 22.7. The largest absolute Gasteiger partial charge is 0.295 e. The van der Waals surface area contributed by atoms with Crippen LogP contribution in [0, 0.1) is 17.0 Å². The van der Waals surface area contributed by atoms with Gasteiger partial charge in [-0.05, 0) is 43.0 Å². The van der Waals surface area contributed by atoms with Crippen LogP contribution in [0.3, 0.4) is 0 Å². The van der Waals surface area contributed by atoms with Gasteiger partial charge in [0.05, 0.1) is 21.9 Å². The van der Waals surface area contributed by atoms with Crippen LogP contribution in [0.5, 0.6) is 0 Å². The highest BCUT2D eigenvalue weighted by Gasteiger charge is 2.18. The van der Waals surface area contributed by atoms with Crippen molar-refractivity contribution in [3.05, 3.63) is 91.4 Å². The number of hydrogen-bond acceptors (Lipinski definition) is 5. The molecule has 0 spiro atoms. The number of amides is 1. The maximum Gasteiger partial charge on any atom is 0.280 e. The molecule has 0 bridgehead atoms. The molecule has 2 aromatic carbocycles. The molecule has 0 saturated carbocycles. The molecule has 0 aliphatic rings. The van der Waals surface area contributed by atoms with E-state index >= 15 is 0 Å². The van der Waals surface area contributed by atoms with E-state index in [-0.39, 0.29) is 22.2 Å². The second kappa shape index (κ2) is 8.62. The molecule has 0 aliphatic heterocycles. The van der Waals surface area contributed by atoms with Crippen molar-refractivity contribution < 1.29 is 9.72 Å². The molecule has 166 valence electrons. The van der Waals surface area contributed by atoms with Gasteiger partial charge in [-0.25, -0.2) is 10.1 Å². The highest BCUT2D eigenvalue weighted by molar-refractivity contribution is 6.01. The zero-order valence-electron chi connectivity index (χ0n) is 18.6. The zero-order valence-corrected chi connectivity index (χ0v) is 18.6. The minimum atomic E-state index is -0.612. The van der Waals surface area contributed by atoms with E-state index in [1.807, 2.05) is 24.3 Å². The van der Waals surface area contributed by atoms with Crippen LogP contribution in [-0.2, 0) is 5.41 Å². The molecule has 1 amide bonds. The normalized spacial score (nSPS) is 12.0. The maximum absolute atomic E-state index is 13.0. The number of H-pyrrole nitrogens is 1. The standard InChI is InChI=1S/C23H25N5O4/c1-14(24-25-21(29)16-7-6-8-19(13-16)28(31)32)20-15(2)26-27(22(20)30)18-11-9-17(10-12-18)23(3,4)5/h6-13,26H,1-5H3,(H,25,29)/b24-14-. The Morgan fingerprint density at radius 2 is 1.81 bits per heavy atom. The van der Waals surface area contributed by atoms with E-state index in [1.54, 1.807) is 13.8 Å². The molecule has 0 radical (unpaired) electrons. The summed E-state index contributed by atoms with van der Waals surface area (Å²) in [6, 6.07) is 13.0. The van der Waals surface area contributed by atoms with Crippen LogP contribution in [0.2, 0.25) is 0 Å². The lowest BCUT2D eigenvalue weighted by Gasteiger charge is -2.19. The summed E-state index contributed by atoms with van der Waals surface area (Å²) in [5.41, 5.74) is 5.05. The van der Waals surface area contributed by atoms with Crippen molar-refractivity contribution >= 4 is 17.3 Å². The first-order valence-corrected chi connectivity index (χ1v) is 10.0. The molecule has 1 aromatic heterocycles. The van der Waals surface area contributed by atoms with Gasteiger partial charge in [0.1, 0.15) is 0 Å². The number of benzene rings is 2. The number of nitrogens with zero attached hydrogens (tertiary/aromatic N) is 3. The molecular weight excluding hydrogens is 410 g/mol. The molecule has 3 aromatic rings. The van der Waals surface area contributed by atoms with Gasteiger partial charge in [0.15, 0.2) is 0 Å². The Bertz CT molecular complexity index is 1260. The lowest BCUT2D eigenvalue weighted by atomic mass is 9.87. The first-order valence-electron chi connectivity index (χ1n) is 10.0. The second-order valence-electron chi connectivity index (χ2n) is 8.49. The Labute approximate surface area is 184 Å². The van der Waals surface area contributed by atoms with Crippen molar-refractivity contribution in [3.63, 3.8) is 0 Å². The summed E-state index contributed by atoms with van der Waals surface area (Å²) in [4.78, 5) is 35.7. The summed E-state index contributed by atoms with van der Waals surface area (Å²) in [5, 5.41) is 18.0. The lowest BCUT2D eigenvalue weighted by Crippen LogP contribution is -2.23. The van der Waals surface area contributed by atoms with E-state index in [0.717, 1.165) is 11.6 Å². The van der Waals surface area contributed by atoms with Gasteiger partial charge >= 0.3 is 0 Å². The number of rotatable bonds is 5. The third-order valence-electron chi connectivity index (χ3n) is 5.07. The lowest BCUT2D eigenvalue weighted by molar-refractivity contribution is -0.384. The molecule has 3 rings (SSSR count). The summed E-state index contributed by atoms with van der Waals surface area (Å²) < 4.78 is 1.43. The number of aromatic amines is 1. The summed E-state index contributed by atoms with van der Waals surface area (Å²) in [6.07, 6.45) is 0. The number of hydrogen-bond donors (Lipinski definition) is 2. The Morgan fingerprint density at radius 3 is 2.41 bits per heavy atom. The number of nitrogens with one attached hydrogen (secondary N) is 2. The van der Waals surface area contributed by atoms with Crippen LogP contribution in [0.1, 0.15) is 54.9 Å². The molecule has 0 saturated heterocycles. The van der Waals surface area contributed by atoms with Gasteiger partial charge in [0.2, 0.25) is 0 Å². The molecular formula is C23H25N5O4. The number of carbonyl (C=O) groups is 1. The third-order valence-corrected chi connectivity index (χ3v) is 5.07. The SMILES string of the molecule is C/C(=N/NC(=O)c1cccc([N+](=O)[O-])c1)c1c(C)[nH]n(-c2ccc(C(C)(C)C)cc2)c1=O. The van der Waals surface area contributed by atoms with Crippen LogP contribution in [-0.4, -0.2) is 26.3 Å². The van der Waals surface area contributed by atoms with E-state index < -0.39 is 10.8 Å². The summed E-state index contributed by atoms with van der Waals surface area (Å²) >= 11 is 0. The average molecular weight is 435 g/mol. The molecule has 0 aliphatic carbocycles. The van der Waals surface area contributed by atoms with Crippen molar-refractivity contribution in [2.45, 2.75) is 40.0 Å². The van der Waals surface area contributed by atoms with E-state index in [0.29, 0.717) is 22.7 Å². The molecule has 9 nitrogen and oxygen atoms in total. The Morgan fingerprint density at radius 1 is 1.16 bits per heavy atom. The number of hydrazone groups is 1. The number of carbonyl (C=O) groups excluding carboxylic acids is 1. The fourth-order valence-electron chi connectivity index (χ4n) is 3.28. The monoisotopic (exact) mass is 435 g/mol. The van der Waals surface area contributed by atoms with Gasteiger partial charge in [-0.3, -0.25) is 24.8 Å². The van der Waals surface area contributed by atoms with Gasteiger partial charge in [0.25, 0.3) is 17.2 Å². The highest BCUT2D eigenvalue weighted by atomic mass is 16.6. The summed E-state index contributed by atoms with van der Waals surface area (Å²) in [6.45, 7) is 9.71. The zero-order chi connectivity index (χ0) is 23.6. The Kier molecular flexibility index (Phi) is 6.11. The first-order chi connectivity index (χ1) is 15.0. The van der Waals surface area contributed by atoms with Crippen LogP contribution in [0.25, 0.3) is 5.69 Å². The van der Waals surface area contributed by atoms with Gasteiger partial charge in [0, 0.05) is 23.4 Å². The molecule has 9 heteroatoms. The molecule has 0 fully saturated rings. The minimum absolute atomic E-state index is 0.000932. The minimum Gasteiger partial charge on any atom is -0.295 e. The van der Waals surface area contributed by atoms with Gasteiger partial charge in [-0.1, -0.05) is 39.0 Å². The second-order valence-corrected chi connectivity index (χ2v) is 8.49. The smallest absolute Gasteiger partial charge is 0.280 e. The Balaban J connectivity index is 1.85. The maximum atomic E-state index is 13.0. The van der Waals surface area contributed by atoms with Crippen molar-refractivity contribution in [1.82, 2.24) is 15.2 Å². The van der Waals surface area contributed by atoms with Crippen molar-refractivity contribution in [2.24, 2.45) is 5.10 Å². The molecule has 1 heterocycles. The van der Waals surface area contributed by atoms with Crippen molar-refractivity contribution in [2.75, 3.05) is 0 Å². The number of nitro benzene ring substituents is 1. The van der Waals surface area contributed by atoms with E-state index in [1.165, 1.54) is 22.9 Å². The van der Waals surface area contributed by atoms with E-state index in [4.69, 9.17) is 0 Å². The predicted octanol–water partition coefficient (Wildman–Crippen LogP) is 3.83. The quantitative estimate of drug-likeness (QED) is 0.359. The average Bonchev–Trinajstić information content (AvgIpc) is 3.05. The molecule has 32 heavy (non-hydrogen) atoms. The fourth-order valence-corrected chi connectivity index (χ4v) is 3.28. The number of aryl methyl sites for hydroxylation is 1. The van der Waals surface area contributed by atoms with Gasteiger partial charge in [-0.15, -0.1) is 0 Å². The van der Waals surface area contributed by atoms with Crippen LogP contribution < -0.4 is 11.0 Å². The fraction of sp³-hybridized carbons (Fsp3) is 0.261. The van der Waals surface area contributed by atoms with Crippen LogP contribution in [0.15, 0.2) is 58.4 Å². The van der Waals surface area contributed by atoms with Gasteiger partial charge < -0.3 is 0 Å². The summed E-state index contributed by atoms with van der Waals surface area (Å²) in [5.74, 6) is -0.612. The topological polar surface area (TPSA) is 122 Å². The molecule has 0 atom stereocenters. The number of non-ortho nitro benzene ring substituents is 1. The van der Waals surface area contributed by atoms with E-state index in [2.05, 4.69) is 36.4 Å². The van der Waals surface area contributed by atoms with E-state index in [9.17, 15) is 19.7 Å². The van der Waals surface area contributed by atoms with Gasteiger partial charge in [-0.2, -0.15) is 5.10 Å². The third kappa shape index (κ3) is 4.66. The molecule has 2 N–H and O–H groups in total. The number of aromatic nitrogens is 2. The Hall–Kier alpha value is -4.01. The van der Waals surface area contributed by atoms with Crippen LogP contribution >= 0.6 is 0 Å². The predicted molar refractivity (Wildman–Crippen MR) is 123 cm³/mol.